The van der Waals surface area contributed by atoms with Crippen LogP contribution in [0.1, 0.15) is 25.6 Å². The number of nitrogens with zero attached hydrogens (tertiary/aromatic N) is 3. The topological polar surface area (TPSA) is 50.3 Å². The number of rotatable bonds is 7. The number of ether oxygens (including phenoxy) is 1. The summed E-state index contributed by atoms with van der Waals surface area (Å²) in [5.74, 6) is 3.40. The molecule has 2 rings (SSSR count). The van der Waals surface area contributed by atoms with E-state index in [0.717, 1.165) is 29.9 Å². The van der Waals surface area contributed by atoms with Crippen LogP contribution in [-0.2, 0) is 11.3 Å². The van der Waals surface area contributed by atoms with Gasteiger partial charge in [-0.25, -0.2) is 9.97 Å². The van der Waals surface area contributed by atoms with Crippen LogP contribution >= 0.6 is 0 Å². The quantitative estimate of drug-likeness (QED) is 0.801. The van der Waals surface area contributed by atoms with Crippen LogP contribution in [0.5, 0.6) is 0 Å². The highest BCUT2D eigenvalue weighted by Crippen LogP contribution is 2.30. The van der Waals surface area contributed by atoms with Gasteiger partial charge in [-0.15, -0.1) is 0 Å². The van der Waals surface area contributed by atoms with Gasteiger partial charge in [0.05, 0.1) is 0 Å². The first-order valence-electron chi connectivity index (χ1n) is 6.57. The van der Waals surface area contributed by atoms with E-state index in [0.29, 0.717) is 13.2 Å². The predicted molar refractivity (Wildman–Crippen MR) is 72.9 cm³/mol. The van der Waals surface area contributed by atoms with Gasteiger partial charge in [0.25, 0.3) is 0 Å². The molecule has 0 radical (unpaired) electrons. The molecule has 1 N–H and O–H groups in total. The summed E-state index contributed by atoms with van der Waals surface area (Å²) in [6, 6.07) is 1.98. The average Bonchev–Trinajstić information content (AvgIpc) is 3.19. The summed E-state index contributed by atoms with van der Waals surface area (Å²) in [6.07, 6.45) is 2.69. The van der Waals surface area contributed by atoms with Gasteiger partial charge in [-0.05, 0) is 25.7 Å². The summed E-state index contributed by atoms with van der Waals surface area (Å²) in [5.41, 5.74) is 0. The first-order valence-corrected chi connectivity index (χ1v) is 6.57. The van der Waals surface area contributed by atoms with E-state index in [1.807, 2.05) is 20.0 Å². The van der Waals surface area contributed by atoms with Crippen LogP contribution in [0.15, 0.2) is 6.07 Å². The van der Waals surface area contributed by atoms with Gasteiger partial charge in [0, 0.05) is 33.3 Å². The SMILES string of the molecule is CCOCc1nc(NC)cc(N(C)CC2CC2)n1. The van der Waals surface area contributed by atoms with Crippen LogP contribution in [0.3, 0.4) is 0 Å². The molecule has 0 atom stereocenters. The third kappa shape index (κ3) is 3.57. The molecular weight excluding hydrogens is 228 g/mol. The van der Waals surface area contributed by atoms with Crippen molar-refractivity contribution in [1.29, 1.82) is 0 Å². The van der Waals surface area contributed by atoms with E-state index in [1.165, 1.54) is 12.8 Å². The molecule has 100 valence electrons. The Hall–Kier alpha value is -1.36. The van der Waals surface area contributed by atoms with Crippen LogP contribution in [0.4, 0.5) is 11.6 Å². The van der Waals surface area contributed by atoms with Crippen molar-refractivity contribution in [3.8, 4) is 0 Å². The standard InChI is InChI=1S/C13H22N4O/c1-4-18-9-12-15-11(14-2)7-13(16-12)17(3)8-10-5-6-10/h7,10H,4-6,8-9H2,1-3H3,(H,14,15,16). The molecule has 0 bridgehead atoms. The number of hydrogen-bond donors (Lipinski definition) is 1. The van der Waals surface area contributed by atoms with Crippen LogP contribution in [0.2, 0.25) is 0 Å². The predicted octanol–water partition coefficient (Wildman–Crippen LogP) is 1.90. The minimum atomic E-state index is 0.469. The van der Waals surface area contributed by atoms with E-state index in [-0.39, 0.29) is 0 Å². The molecule has 0 aromatic carbocycles. The van der Waals surface area contributed by atoms with Crippen LogP contribution in [0.25, 0.3) is 0 Å². The molecule has 5 nitrogen and oxygen atoms in total. The zero-order valence-corrected chi connectivity index (χ0v) is 11.4. The molecular formula is C13H22N4O. The lowest BCUT2D eigenvalue weighted by Gasteiger charge is -2.19. The molecule has 0 spiro atoms. The highest BCUT2D eigenvalue weighted by molar-refractivity contribution is 5.48. The highest BCUT2D eigenvalue weighted by atomic mass is 16.5. The van der Waals surface area contributed by atoms with Crippen molar-refractivity contribution < 1.29 is 4.74 Å². The fourth-order valence-corrected chi connectivity index (χ4v) is 1.85. The van der Waals surface area contributed by atoms with E-state index in [9.17, 15) is 0 Å². The summed E-state index contributed by atoms with van der Waals surface area (Å²) in [4.78, 5) is 11.1. The largest absolute Gasteiger partial charge is 0.374 e. The molecule has 1 heterocycles. The van der Waals surface area contributed by atoms with Crippen LogP contribution in [-0.4, -0.2) is 37.2 Å². The number of hydrogen-bond acceptors (Lipinski definition) is 5. The lowest BCUT2D eigenvalue weighted by atomic mass is 10.3. The Kier molecular flexibility index (Phi) is 4.36. The Bertz CT molecular complexity index is 393. The Morgan fingerprint density at radius 2 is 2.22 bits per heavy atom. The molecule has 1 aromatic heterocycles. The molecule has 1 aliphatic carbocycles. The second kappa shape index (κ2) is 6.00. The van der Waals surface area contributed by atoms with Crippen molar-refractivity contribution in [2.24, 2.45) is 5.92 Å². The van der Waals surface area contributed by atoms with Gasteiger partial charge < -0.3 is 15.0 Å². The molecule has 0 amide bonds. The Balaban J connectivity index is 2.10. The second-order valence-electron chi connectivity index (χ2n) is 4.74. The van der Waals surface area contributed by atoms with Gasteiger partial charge >= 0.3 is 0 Å². The Morgan fingerprint density at radius 3 is 2.83 bits per heavy atom. The lowest BCUT2D eigenvalue weighted by Crippen LogP contribution is -2.22. The molecule has 0 unspecified atom stereocenters. The fourth-order valence-electron chi connectivity index (χ4n) is 1.85. The Morgan fingerprint density at radius 1 is 1.44 bits per heavy atom. The van der Waals surface area contributed by atoms with Gasteiger partial charge in [-0.2, -0.15) is 0 Å². The van der Waals surface area contributed by atoms with E-state index in [4.69, 9.17) is 4.74 Å². The van der Waals surface area contributed by atoms with Gasteiger partial charge in [0.2, 0.25) is 0 Å². The van der Waals surface area contributed by atoms with Crippen molar-refractivity contribution in [3.63, 3.8) is 0 Å². The first kappa shape index (κ1) is 13.1. The maximum atomic E-state index is 5.38. The van der Waals surface area contributed by atoms with Gasteiger partial charge in [0.1, 0.15) is 18.2 Å². The fraction of sp³-hybridized carbons (Fsp3) is 0.692. The summed E-state index contributed by atoms with van der Waals surface area (Å²) < 4.78 is 5.38. The van der Waals surface area contributed by atoms with Crippen LogP contribution in [0, 0.1) is 5.92 Å². The average molecular weight is 250 g/mol. The molecule has 5 heteroatoms. The monoisotopic (exact) mass is 250 g/mol. The third-order valence-electron chi connectivity index (χ3n) is 3.07. The summed E-state index contributed by atoms with van der Waals surface area (Å²) >= 11 is 0. The first-order chi connectivity index (χ1) is 8.72. The normalized spacial score (nSPS) is 14.6. The molecule has 18 heavy (non-hydrogen) atoms. The highest BCUT2D eigenvalue weighted by Gasteiger charge is 2.23. The minimum Gasteiger partial charge on any atom is -0.374 e. The third-order valence-corrected chi connectivity index (χ3v) is 3.07. The van der Waals surface area contributed by atoms with E-state index < -0.39 is 0 Å². The number of anilines is 2. The summed E-state index contributed by atoms with van der Waals surface area (Å²) in [5, 5.41) is 3.07. The van der Waals surface area contributed by atoms with Crippen molar-refractivity contribution in [3.05, 3.63) is 11.9 Å². The minimum absolute atomic E-state index is 0.469. The molecule has 1 aliphatic rings. The molecule has 1 aromatic rings. The molecule has 0 saturated heterocycles. The summed E-state index contributed by atoms with van der Waals surface area (Å²) in [6.45, 7) is 4.20. The van der Waals surface area contributed by atoms with Gasteiger partial charge in [-0.3, -0.25) is 0 Å². The van der Waals surface area contributed by atoms with Gasteiger partial charge in [0.15, 0.2) is 5.82 Å². The molecule has 0 aliphatic heterocycles. The van der Waals surface area contributed by atoms with Crippen molar-refractivity contribution in [2.45, 2.75) is 26.4 Å². The second-order valence-corrected chi connectivity index (χ2v) is 4.74. The smallest absolute Gasteiger partial charge is 0.158 e. The lowest BCUT2D eigenvalue weighted by molar-refractivity contribution is 0.128. The van der Waals surface area contributed by atoms with Crippen molar-refractivity contribution in [2.75, 3.05) is 37.5 Å². The number of nitrogens with one attached hydrogen (secondary N) is 1. The van der Waals surface area contributed by atoms with E-state index in [1.54, 1.807) is 0 Å². The van der Waals surface area contributed by atoms with E-state index in [2.05, 4.69) is 27.2 Å². The van der Waals surface area contributed by atoms with Gasteiger partial charge in [-0.1, -0.05) is 0 Å². The molecule has 1 saturated carbocycles. The van der Waals surface area contributed by atoms with Crippen LogP contribution < -0.4 is 10.2 Å². The molecule has 1 fully saturated rings. The maximum absolute atomic E-state index is 5.38. The zero-order valence-electron chi connectivity index (χ0n) is 11.4. The Labute approximate surface area is 109 Å². The van der Waals surface area contributed by atoms with Crippen molar-refractivity contribution >= 4 is 11.6 Å². The maximum Gasteiger partial charge on any atom is 0.158 e. The van der Waals surface area contributed by atoms with E-state index >= 15 is 0 Å². The zero-order chi connectivity index (χ0) is 13.0. The van der Waals surface area contributed by atoms with Crippen molar-refractivity contribution in [1.82, 2.24) is 9.97 Å². The number of aromatic nitrogens is 2. The summed E-state index contributed by atoms with van der Waals surface area (Å²) in [7, 11) is 3.96.